The minimum atomic E-state index is -0.951. The predicted molar refractivity (Wildman–Crippen MR) is 67.7 cm³/mol. The van der Waals surface area contributed by atoms with Crippen molar-refractivity contribution >= 4 is 17.0 Å². The lowest BCUT2D eigenvalue weighted by Gasteiger charge is -2.20. The zero-order valence-corrected chi connectivity index (χ0v) is 10.4. The van der Waals surface area contributed by atoms with Crippen molar-refractivity contribution in [2.75, 3.05) is 6.61 Å². The predicted octanol–water partition coefficient (Wildman–Crippen LogP) is 1.92. The topological polar surface area (TPSA) is 75.3 Å². The van der Waals surface area contributed by atoms with Crippen LogP contribution in [0.4, 0.5) is 0 Å². The highest BCUT2D eigenvalue weighted by Gasteiger charge is 2.16. The molecular formula is C13H16N2O3. The Morgan fingerprint density at radius 1 is 1.44 bits per heavy atom. The highest BCUT2D eigenvalue weighted by molar-refractivity contribution is 5.92. The van der Waals surface area contributed by atoms with Crippen LogP contribution in [0.3, 0.4) is 0 Å². The van der Waals surface area contributed by atoms with E-state index in [1.807, 2.05) is 18.4 Å². The van der Waals surface area contributed by atoms with Crippen molar-refractivity contribution in [1.82, 2.24) is 9.55 Å². The number of aliphatic hydroxyl groups is 1. The van der Waals surface area contributed by atoms with Gasteiger partial charge in [-0.25, -0.2) is 9.78 Å². The van der Waals surface area contributed by atoms with Crippen LogP contribution in [0.1, 0.15) is 30.2 Å². The van der Waals surface area contributed by atoms with Crippen molar-refractivity contribution in [3.05, 3.63) is 30.1 Å². The van der Waals surface area contributed by atoms with E-state index in [2.05, 4.69) is 4.98 Å². The molecule has 5 heteroatoms. The van der Waals surface area contributed by atoms with Gasteiger partial charge in [0.05, 0.1) is 22.9 Å². The van der Waals surface area contributed by atoms with Gasteiger partial charge in [-0.05, 0) is 31.0 Å². The zero-order chi connectivity index (χ0) is 13.3. The summed E-state index contributed by atoms with van der Waals surface area (Å²) in [6.45, 7) is 4.01. The number of aromatic carboxylic acids is 1. The van der Waals surface area contributed by atoms with Crippen molar-refractivity contribution in [1.29, 1.82) is 0 Å². The SMILES string of the molecule is CC(CO)C(C)n1cnc2ccc(C(=O)O)cc21. The minimum absolute atomic E-state index is 0.0593. The lowest BCUT2D eigenvalue weighted by Crippen LogP contribution is -2.16. The summed E-state index contributed by atoms with van der Waals surface area (Å²) in [6.07, 6.45) is 1.69. The molecule has 0 aliphatic carbocycles. The summed E-state index contributed by atoms with van der Waals surface area (Å²) in [5.41, 5.74) is 1.78. The highest BCUT2D eigenvalue weighted by Crippen LogP contribution is 2.23. The lowest BCUT2D eigenvalue weighted by molar-refractivity contribution is 0.0697. The molecule has 0 aliphatic rings. The van der Waals surface area contributed by atoms with Gasteiger partial charge in [0, 0.05) is 12.6 Å². The number of hydrogen-bond acceptors (Lipinski definition) is 3. The molecule has 0 spiro atoms. The molecule has 0 bridgehead atoms. The van der Waals surface area contributed by atoms with E-state index in [9.17, 15) is 9.90 Å². The molecule has 18 heavy (non-hydrogen) atoms. The van der Waals surface area contributed by atoms with E-state index in [1.54, 1.807) is 24.5 Å². The summed E-state index contributed by atoms with van der Waals surface area (Å²) in [6, 6.07) is 4.92. The van der Waals surface area contributed by atoms with Gasteiger partial charge in [0.15, 0.2) is 0 Å². The summed E-state index contributed by atoms with van der Waals surface area (Å²) in [5.74, 6) is -0.872. The average Bonchev–Trinajstić information content (AvgIpc) is 2.79. The molecule has 1 aromatic carbocycles. The van der Waals surface area contributed by atoms with E-state index >= 15 is 0 Å². The average molecular weight is 248 g/mol. The molecule has 0 aliphatic heterocycles. The van der Waals surface area contributed by atoms with Crippen molar-refractivity contribution in [2.24, 2.45) is 5.92 Å². The Morgan fingerprint density at radius 3 is 2.78 bits per heavy atom. The van der Waals surface area contributed by atoms with Gasteiger partial charge < -0.3 is 14.8 Å². The van der Waals surface area contributed by atoms with Crippen molar-refractivity contribution in [3.8, 4) is 0 Å². The number of nitrogens with zero attached hydrogens (tertiary/aromatic N) is 2. The van der Waals surface area contributed by atoms with Crippen LogP contribution < -0.4 is 0 Å². The number of carboxylic acid groups (broad SMARTS) is 1. The largest absolute Gasteiger partial charge is 0.478 e. The number of aromatic nitrogens is 2. The lowest BCUT2D eigenvalue weighted by atomic mass is 10.0. The smallest absolute Gasteiger partial charge is 0.335 e. The number of carbonyl (C=O) groups is 1. The Balaban J connectivity index is 2.51. The first-order chi connectivity index (χ1) is 8.54. The van der Waals surface area contributed by atoms with Gasteiger partial charge >= 0.3 is 5.97 Å². The number of carboxylic acids is 1. The monoisotopic (exact) mass is 248 g/mol. The second-order valence-electron chi connectivity index (χ2n) is 4.56. The van der Waals surface area contributed by atoms with Gasteiger partial charge in [-0.3, -0.25) is 0 Å². The number of fused-ring (bicyclic) bond motifs is 1. The molecule has 0 saturated carbocycles. The number of hydrogen-bond donors (Lipinski definition) is 2. The van der Waals surface area contributed by atoms with Gasteiger partial charge in [-0.1, -0.05) is 6.92 Å². The second-order valence-corrected chi connectivity index (χ2v) is 4.56. The quantitative estimate of drug-likeness (QED) is 0.866. The highest BCUT2D eigenvalue weighted by atomic mass is 16.4. The maximum Gasteiger partial charge on any atom is 0.335 e. The molecule has 1 aromatic heterocycles. The summed E-state index contributed by atoms with van der Waals surface area (Å²) in [5, 5.41) is 18.2. The van der Waals surface area contributed by atoms with Crippen LogP contribution in [0.2, 0.25) is 0 Å². The van der Waals surface area contributed by atoms with Crippen LogP contribution in [-0.4, -0.2) is 32.3 Å². The Kier molecular flexibility index (Phi) is 3.34. The first-order valence-corrected chi connectivity index (χ1v) is 5.85. The van der Waals surface area contributed by atoms with Gasteiger partial charge in [-0.15, -0.1) is 0 Å². The van der Waals surface area contributed by atoms with Crippen LogP contribution in [0.5, 0.6) is 0 Å². The van der Waals surface area contributed by atoms with Gasteiger partial charge in [0.25, 0.3) is 0 Å². The van der Waals surface area contributed by atoms with Crippen LogP contribution in [0.25, 0.3) is 11.0 Å². The molecule has 1 heterocycles. The minimum Gasteiger partial charge on any atom is -0.478 e. The Morgan fingerprint density at radius 2 is 2.17 bits per heavy atom. The van der Waals surface area contributed by atoms with E-state index in [1.165, 1.54) is 0 Å². The fourth-order valence-electron chi connectivity index (χ4n) is 1.91. The van der Waals surface area contributed by atoms with Crippen molar-refractivity contribution in [2.45, 2.75) is 19.9 Å². The molecule has 2 N–H and O–H groups in total. The molecule has 0 fully saturated rings. The van der Waals surface area contributed by atoms with Crippen LogP contribution in [0.15, 0.2) is 24.5 Å². The maximum absolute atomic E-state index is 11.0. The van der Waals surface area contributed by atoms with Crippen molar-refractivity contribution in [3.63, 3.8) is 0 Å². The Hall–Kier alpha value is -1.88. The molecule has 2 rings (SSSR count). The molecule has 2 atom stereocenters. The molecule has 2 unspecified atom stereocenters. The summed E-state index contributed by atoms with van der Waals surface area (Å²) in [7, 11) is 0. The first kappa shape index (κ1) is 12.6. The fraction of sp³-hybridized carbons (Fsp3) is 0.385. The first-order valence-electron chi connectivity index (χ1n) is 5.85. The standard InChI is InChI=1S/C13H16N2O3/c1-8(6-16)9(2)15-7-14-11-4-3-10(13(17)18)5-12(11)15/h3-5,7-9,16H,6H2,1-2H3,(H,17,18). The van der Waals surface area contributed by atoms with E-state index in [0.717, 1.165) is 11.0 Å². The normalized spacial score (nSPS) is 14.6. The third-order valence-corrected chi connectivity index (χ3v) is 3.37. The van der Waals surface area contributed by atoms with E-state index in [4.69, 9.17) is 5.11 Å². The zero-order valence-electron chi connectivity index (χ0n) is 10.4. The molecular weight excluding hydrogens is 232 g/mol. The summed E-state index contributed by atoms with van der Waals surface area (Å²) < 4.78 is 1.91. The third kappa shape index (κ3) is 2.09. The molecule has 0 amide bonds. The Labute approximate surface area is 105 Å². The van der Waals surface area contributed by atoms with E-state index in [-0.39, 0.29) is 24.1 Å². The van der Waals surface area contributed by atoms with E-state index < -0.39 is 5.97 Å². The van der Waals surface area contributed by atoms with Gasteiger partial charge in [0.2, 0.25) is 0 Å². The second kappa shape index (κ2) is 4.78. The van der Waals surface area contributed by atoms with Crippen LogP contribution in [0, 0.1) is 5.92 Å². The molecule has 5 nitrogen and oxygen atoms in total. The maximum atomic E-state index is 11.0. The molecule has 96 valence electrons. The molecule has 0 saturated heterocycles. The van der Waals surface area contributed by atoms with Gasteiger partial charge in [-0.2, -0.15) is 0 Å². The third-order valence-electron chi connectivity index (χ3n) is 3.37. The number of benzene rings is 1. The number of aliphatic hydroxyl groups excluding tert-OH is 1. The van der Waals surface area contributed by atoms with Crippen molar-refractivity contribution < 1.29 is 15.0 Å². The van der Waals surface area contributed by atoms with E-state index in [0.29, 0.717) is 0 Å². The number of rotatable bonds is 4. The van der Waals surface area contributed by atoms with Gasteiger partial charge in [0.1, 0.15) is 0 Å². The summed E-state index contributed by atoms with van der Waals surface area (Å²) >= 11 is 0. The van der Waals surface area contributed by atoms with Crippen LogP contribution in [-0.2, 0) is 0 Å². The fourth-order valence-corrected chi connectivity index (χ4v) is 1.91. The molecule has 2 aromatic rings. The van der Waals surface area contributed by atoms with Crippen LogP contribution >= 0.6 is 0 Å². The molecule has 0 radical (unpaired) electrons. The summed E-state index contributed by atoms with van der Waals surface area (Å²) in [4.78, 5) is 15.2. The number of imidazole rings is 1. The Bertz CT molecular complexity index is 577.